The van der Waals surface area contributed by atoms with Crippen LogP contribution in [0, 0.1) is 15.9 Å². The topological polar surface area (TPSA) is 114 Å². The monoisotopic (exact) mass is 365 g/mol. The van der Waals surface area contributed by atoms with Crippen molar-refractivity contribution in [3.63, 3.8) is 0 Å². The number of nitro groups is 1. The van der Waals surface area contributed by atoms with E-state index < -0.39 is 33.6 Å². The molecule has 26 heavy (non-hydrogen) atoms. The summed E-state index contributed by atoms with van der Waals surface area (Å²) < 4.78 is 29.0. The van der Waals surface area contributed by atoms with E-state index in [0.29, 0.717) is 0 Å². The van der Waals surface area contributed by atoms with E-state index in [1.807, 2.05) is 0 Å². The van der Waals surface area contributed by atoms with Crippen LogP contribution in [0.5, 0.6) is 11.8 Å². The molecule has 9 nitrogen and oxygen atoms in total. The number of hydrogen-bond donors (Lipinski definition) is 0. The molecule has 0 spiro atoms. The number of ether oxygens (including phenoxy) is 3. The summed E-state index contributed by atoms with van der Waals surface area (Å²) in [7, 11) is 2.64. The number of ketones is 1. The van der Waals surface area contributed by atoms with Crippen LogP contribution in [0.2, 0.25) is 0 Å². The van der Waals surface area contributed by atoms with Gasteiger partial charge in [-0.2, -0.15) is 9.97 Å². The first kappa shape index (κ1) is 19.2. The molecule has 2 rings (SSSR count). The van der Waals surface area contributed by atoms with Crippen molar-refractivity contribution in [3.05, 3.63) is 51.1 Å². The van der Waals surface area contributed by atoms with Gasteiger partial charge in [0.15, 0.2) is 0 Å². The molecule has 1 aromatic heterocycles. The molecule has 0 atom stereocenters. The Morgan fingerprint density at radius 1 is 1.19 bits per heavy atom. The molecule has 10 heteroatoms. The molecule has 0 amide bonds. The largest absolute Gasteiger partial charge is 0.481 e. The molecule has 2 aromatic rings. The summed E-state index contributed by atoms with van der Waals surface area (Å²) >= 11 is 0. The normalized spacial score (nSPS) is 10.5. The number of carbonyl (C=O) groups is 1. The molecule has 0 radical (unpaired) electrons. The van der Waals surface area contributed by atoms with E-state index in [9.17, 15) is 19.3 Å². The Morgan fingerprint density at radius 2 is 1.81 bits per heavy atom. The predicted molar refractivity (Wildman–Crippen MR) is 87.0 cm³/mol. The van der Waals surface area contributed by atoms with Crippen LogP contribution in [-0.2, 0) is 11.3 Å². The van der Waals surface area contributed by atoms with Crippen LogP contribution in [-0.4, -0.2) is 41.5 Å². The zero-order valence-corrected chi connectivity index (χ0v) is 14.3. The third-order valence-electron chi connectivity index (χ3n) is 3.34. The predicted octanol–water partition coefficient (Wildman–Crippen LogP) is 2.31. The number of nitro benzene ring substituents is 1. The molecule has 0 aliphatic heterocycles. The lowest BCUT2D eigenvalue weighted by Crippen LogP contribution is -2.13. The Kier molecular flexibility index (Phi) is 6.12. The quantitative estimate of drug-likeness (QED) is 0.398. The van der Waals surface area contributed by atoms with Gasteiger partial charge in [-0.25, -0.2) is 4.39 Å². The second-order valence-electron chi connectivity index (χ2n) is 4.96. The van der Waals surface area contributed by atoms with E-state index >= 15 is 0 Å². The van der Waals surface area contributed by atoms with Crippen molar-refractivity contribution >= 4 is 11.5 Å². The molecule has 0 saturated carbocycles. The van der Waals surface area contributed by atoms with Gasteiger partial charge in [0.25, 0.3) is 5.69 Å². The van der Waals surface area contributed by atoms with E-state index in [0.717, 1.165) is 12.1 Å². The Bertz CT molecular complexity index is 821. The van der Waals surface area contributed by atoms with Crippen molar-refractivity contribution in [3.8, 4) is 11.8 Å². The highest BCUT2D eigenvalue weighted by atomic mass is 19.1. The molecule has 138 valence electrons. The van der Waals surface area contributed by atoms with E-state index in [1.165, 1.54) is 20.3 Å². The molecular weight excluding hydrogens is 349 g/mol. The highest BCUT2D eigenvalue weighted by Gasteiger charge is 2.29. The lowest BCUT2D eigenvalue weighted by molar-refractivity contribution is -0.386. The lowest BCUT2D eigenvalue weighted by Gasteiger charge is -2.09. The van der Waals surface area contributed by atoms with Gasteiger partial charge in [-0.05, 0) is 19.1 Å². The Balaban J connectivity index is 2.61. The maximum Gasteiger partial charge on any atom is 0.286 e. The summed E-state index contributed by atoms with van der Waals surface area (Å²) in [6.45, 7) is 1.74. The van der Waals surface area contributed by atoms with Crippen LogP contribution in [0.15, 0.2) is 18.2 Å². The van der Waals surface area contributed by atoms with Gasteiger partial charge in [0.2, 0.25) is 23.4 Å². The molecule has 1 heterocycles. The van der Waals surface area contributed by atoms with Gasteiger partial charge in [-0.15, -0.1) is 0 Å². The second-order valence-corrected chi connectivity index (χ2v) is 4.96. The van der Waals surface area contributed by atoms with Gasteiger partial charge in [-0.3, -0.25) is 14.9 Å². The Morgan fingerprint density at radius 3 is 2.31 bits per heavy atom. The Hall–Kier alpha value is -3.14. The van der Waals surface area contributed by atoms with Crippen molar-refractivity contribution in [2.24, 2.45) is 0 Å². The van der Waals surface area contributed by atoms with Crippen LogP contribution in [0.1, 0.15) is 28.7 Å². The zero-order chi connectivity index (χ0) is 19.3. The van der Waals surface area contributed by atoms with Crippen LogP contribution in [0.3, 0.4) is 0 Å². The second kappa shape index (κ2) is 8.30. The molecule has 0 aliphatic carbocycles. The van der Waals surface area contributed by atoms with Crippen LogP contribution >= 0.6 is 0 Å². The average molecular weight is 365 g/mol. The number of aromatic nitrogens is 2. The molecule has 0 bridgehead atoms. The zero-order valence-electron chi connectivity index (χ0n) is 14.3. The van der Waals surface area contributed by atoms with Crippen LogP contribution in [0.4, 0.5) is 10.1 Å². The maximum absolute atomic E-state index is 13.9. The van der Waals surface area contributed by atoms with Gasteiger partial charge in [0.1, 0.15) is 11.4 Å². The number of carbonyl (C=O) groups excluding carboxylic acids is 1. The minimum absolute atomic E-state index is 0.0220. The van der Waals surface area contributed by atoms with Crippen molar-refractivity contribution in [1.82, 2.24) is 9.97 Å². The minimum atomic E-state index is -0.939. The minimum Gasteiger partial charge on any atom is -0.481 e. The van der Waals surface area contributed by atoms with E-state index in [1.54, 1.807) is 6.92 Å². The summed E-state index contributed by atoms with van der Waals surface area (Å²) in [5.41, 5.74) is -1.11. The standard InChI is InChI=1S/C16H16FN3O6/c1-4-26-8-9-5-10(17)6-11(14(9)20(22)23)15(21)16-18-12(24-2)7-13(19-16)25-3/h5-7H,4,8H2,1-3H3. The summed E-state index contributed by atoms with van der Waals surface area (Å²) in [5, 5.41) is 11.5. The molecule has 0 saturated heterocycles. The Labute approximate surface area is 147 Å². The van der Waals surface area contributed by atoms with Gasteiger partial charge in [0, 0.05) is 6.61 Å². The average Bonchev–Trinajstić information content (AvgIpc) is 2.64. The SMILES string of the molecule is CCOCc1cc(F)cc(C(=O)c2nc(OC)cc(OC)n2)c1[N+](=O)[O-]. The fraction of sp³-hybridized carbons (Fsp3) is 0.312. The van der Waals surface area contributed by atoms with Crippen molar-refractivity contribution in [1.29, 1.82) is 0 Å². The number of benzene rings is 1. The van der Waals surface area contributed by atoms with Gasteiger partial charge < -0.3 is 14.2 Å². The molecule has 0 N–H and O–H groups in total. The summed E-state index contributed by atoms with van der Waals surface area (Å²) in [4.78, 5) is 31.2. The number of rotatable bonds is 8. The molecule has 1 aromatic carbocycles. The maximum atomic E-state index is 13.9. The van der Waals surface area contributed by atoms with E-state index in [4.69, 9.17) is 14.2 Å². The third-order valence-corrected chi connectivity index (χ3v) is 3.34. The summed E-state index contributed by atoms with van der Waals surface area (Å²) in [5.74, 6) is -2.13. The highest BCUT2D eigenvalue weighted by Crippen LogP contribution is 2.28. The first-order chi connectivity index (χ1) is 12.4. The molecule has 0 aliphatic rings. The lowest BCUT2D eigenvalue weighted by atomic mass is 10.0. The molecule has 0 unspecified atom stereocenters. The smallest absolute Gasteiger partial charge is 0.286 e. The highest BCUT2D eigenvalue weighted by molar-refractivity contribution is 6.09. The van der Waals surface area contributed by atoms with Crippen LogP contribution < -0.4 is 9.47 Å². The number of hydrogen-bond acceptors (Lipinski definition) is 8. The fourth-order valence-electron chi connectivity index (χ4n) is 2.20. The van der Waals surface area contributed by atoms with Gasteiger partial charge in [0.05, 0.1) is 37.4 Å². The first-order valence-corrected chi connectivity index (χ1v) is 7.47. The van der Waals surface area contributed by atoms with Crippen molar-refractivity contribution in [2.75, 3.05) is 20.8 Å². The van der Waals surface area contributed by atoms with Crippen molar-refractivity contribution < 1.29 is 28.3 Å². The van der Waals surface area contributed by atoms with Crippen LogP contribution in [0.25, 0.3) is 0 Å². The summed E-state index contributed by atoms with van der Waals surface area (Å²) in [6.07, 6.45) is 0. The molecule has 0 fully saturated rings. The first-order valence-electron chi connectivity index (χ1n) is 7.47. The third kappa shape index (κ3) is 4.09. The van der Waals surface area contributed by atoms with Gasteiger partial charge >= 0.3 is 0 Å². The number of halogens is 1. The van der Waals surface area contributed by atoms with Crippen molar-refractivity contribution in [2.45, 2.75) is 13.5 Å². The van der Waals surface area contributed by atoms with E-state index in [-0.39, 0.29) is 30.5 Å². The van der Waals surface area contributed by atoms with Gasteiger partial charge in [-0.1, -0.05) is 0 Å². The molecular formula is C16H16FN3O6. The summed E-state index contributed by atoms with van der Waals surface area (Å²) in [6, 6.07) is 3.06. The van der Waals surface area contributed by atoms with E-state index in [2.05, 4.69) is 9.97 Å². The number of methoxy groups -OCH3 is 2. The number of nitrogens with zero attached hydrogens (tertiary/aromatic N) is 3. The fourth-order valence-corrected chi connectivity index (χ4v) is 2.20.